The van der Waals surface area contributed by atoms with Crippen molar-refractivity contribution in [1.29, 1.82) is 0 Å². The molecular formula is C42H42N26S. The zero-order chi connectivity index (χ0) is 47.7. The van der Waals surface area contributed by atoms with Crippen LogP contribution in [0, 0.1) is 0 Å². The summed E-state index contributed by atoms with van der Waals surface area (Å²) in [5.41, 5.74) is 34.7. The van der Waals surface area contributed by atoms with Gasteiger partial charge >= 0.3 is 0 Å². The second-order valence-electron chi connectivity index (χ2n) is 14.7. The Morgan fingerprint density at radius 2 is 0.870 bits per heavy atom. The summed E-state index contributed by atoms with van der Waals surface area (Å²) in [5, 5.41) is 41.3. The summed E-state index contributed by atoms with van der Waals surface area (Å²) in [6.45, 7) is 2.46. The molecule has 0 spiro atoms. The van der Waals surface area contributed by atoms with Gasteiger partial charge in [-0.25, -0.2) is 24.9 Å². The van der Waals surface area contributed by atoms with Gasteiger partial charge in [-0.15, -0.1) is 30.6 Å². The number of nitrogens with zero attached hydrogens (tertiary/aromatic N) is 14. The minimum Gasteiger partial charge on any atom is -0.399 e. The van der Waals surface area contributed by atoms with Crippen molar-refractivity contribution in [2.45, 2.75) is 25.6 Å². The number of hydrogen-bond acceptors (Lipinski definition) is 19. The first-order chi connectivity index (χ1) is 33.7. The molecule has 0 saturated carbocycles. The number of thiol groups is 1. The van der Waals surface area contributed by atoms with E-state index in [1.807, 2.05) is 84.9 Å². The topological polar surface area (TPSA) is 411 Å². The second kappa shape index (κ2) is 20.3. The fourth-order valence-electron chi connectivity index (χ4n) is 6.82. The van der Waals surface area contributed by atoms with Crippen LogP contribution in [-0.4, -0.2) is 112 Å². The van der Waals surface area contributed by atoms with Crippen LogP contribution < -0.4 is 22.9 Å². The number of aromatic nitrogens is 22. The number of rotatable bonds is 6. The summed E-state index contributed by atoms with van der Waals surface area (Å²) in [7, 11) is 0. The lowest BCUT2D eigenvalue weighted by Crippen LogP contribution is -1.97. The van der Waals surface area contributed by atoms with Crippen molar-refractivity contribution in [3.8, 4) is 34.2 Å². The molecule has 346 valence electrons. The number of nitrogen functional groups attached to an aromatic ring is 3. The first-order valence-electron chi connectivity index (χ1n) is 20.9. The van der Waals surface area contributed by atoms with Crippen molar-refractivity contribution >= 4 is 85.4 Å². The zero-order valence-corrected chi connectivity index (χ0v) is 37.3. The number of hydrogen-bond donors (Lipinski definition) is 13. The predicted octanol–water partition coefficient (Wildman–Crippen LogP) is 4.55. The fourth-order valence-corrected chi connectivity index (χ4v) is 6.97. The smallest absolute Gasteiger partial charge is 0.204 e. The lowest BCUT2D eigenvalue weighted by atomic mass is 10.2. The van der Waals surface area contributed by atoms with Crippen LogP contribution in [0.1, 0.15) is 24.4 Å². The van der Waals surface area contributed by atoms with Crippen LogP contribution in [0.3, 0.4) is 0 Å². The maximum absolute atomic E-state index is 5.54. The highest BCUT2D eigenvalue weighted by Gasteiger charge is 2.09. The van der Waals surface area contributed by atoms with E-state index < -0.39 is 0 Å². The van der Waals surface area contributed by atoms with E-state index in [-0.39, 0.29) is 0 Å². The number of imidazole rings is 5. The zero-order valence-electron chi connectivity index (χ0n) is 36.4. The normalized spacial score (nSPS) is 10.9. The van der Waals surface area contributed by atoms with E-state index in [4.69, 9.17) is 22.9 Å². The number of anilines is 3. The highest BCUT2D eigenvalue weighted by atomic mass is 32.1. The third-order valence-corrected chi connectivity index (χ3v) is 10.3. The van der Waals surface area contributed by atoms with Crippen LogP contribution in [0.15, 0.2) is 97.1 Å². The molecule has 0 atom stereocenters. The van der Waals surface area contributed by atoms with Crippen molar-refractivity contribution in [2.24, 2.45) is 5.73 Å². The monoisotopic (exact) mass is 942 g/mol. The van der Waals surface area contributed by atoms with Crippen LogP contribution >= 0.6 is 12.6 Å². The number of fused-ring (bicyclic) bond motifs is 5. The Morgan fingerprint density at radius 3 is 1.35 bits per heavy atom. The Balaban J connectivity index is 0.000000108. The van der Waals surface area contributed by atoms with Crippen LogP contribution in [0.5, 0.6) is 0 Å². The van der Waals surface area contributed by atoms with E-state index in [2.05, 4.69) is 131 Å². The molecule has 13 aromatic rings. The molecular weight excluding hydrogens is 901 g/mol. The standard InChI is InChI=1S/C10H10N6.C9H9N7.C8H7N7.C8H8N2S.C7H8N4/c1-2-9-11-7-4-3-6(5-8(7)12-9)10-13-15-16-14-10;10-4-8-11-6-2-1-5(3-7(6)12-8)9-13-15-16-14-9;9-8-10-5-2-1-4(3-6(5)11-8)7-12-14-15-13-7;11-5-8-9-6-3-1-2-4-7(6)10-8;8-4-1-2-5-6(3-4)11-7(9)10-5/h3-5H,2H2,1H3,(H,11,12)(H,13,14,15,16);1-3H,4,10H2,(H,11,12)(H,13,14,15,16);1-3H,(H3,9,10,11)(H,12,13,14,15);1-4,11H,5H2,(H,9,10);1-3H,8H2,(H3,9,10,11). The van der Waals surface area contributed by atoms with Gasteiger partial charge in [0.05, 0.1) is 61.7 Å². The molecule has 69 heavy (non-hydrogen) atoms. The quantitative estimate of drug-likeness (QED) is 0.0803. The summed E-state index contributed by atoms with van der Waals surface area (Å²) in [5.74, 6) is 5.86. The van der Waals surface area contributed by atoms with E-state index in [9.17, 15) is 0 Å². The van der Waals surface area contributed by atoms with Crippen molar-refractivity contribution in [1.82, 2.24) is 112 Å². The van der Waals surface area contributed by atoms with Crippen LogP contribution in [0.2, 0.25) is 0 Å². The van der Waals surface area contributed by atoms with Crippen LogP contribution in [0.4, 0.5) is 17.6 Å². The summed E-state index contributed by atoms with van der Waals surface area (Å²) in [6, 6.07) is 30.6. The molecule has 26 nitrogen and oxygen atoms in total. The van der Waals surface area contributed by atoms with E-state index in [1.54, 1.807) is 12.1 Å². The van der Waals surface area contributed by atoms with E-state index >= 15 is 0 Å². The van der Waals surface area contributed by atoms with Gasteiger partial charge in [-0.2, -0.15) is 28.3 Å². The van der Waals surface area contributed by atoms with Gasteiger partial charge in [0.2, 0.25) is 17.5 Å². The first kappa shape index (κ1) is 44.6. The van der Waals surface area contributed by atoms with Crippen LogP contribution in [0.25, 0.3) is 89.3 Å². The average Bonchev–Trinajstić information content (AvgIpc) is 4.22. The molecule has 0 aliphatic heterocycles. The van der Waals surface area contributed by atoms with E-state index in [1.165, 1.54) is 0 Å². The number of aryl methyl sites for hydroxylation is 1. The number of benzene rings is 5. The molecule has 5 aromatic carbocycles. The van der Waals surface area contributed by atoms with Gasteiger partial charge in [0.15, 0.2) is 11.9 Å². The largest absolute Gasteiger partial charge is 0.399 e. The molecule has 0 amide bonds. The second-order valence-corrected chi connectivity index (χ2v) is 15.0. The lowest BCUT2D eigenvalue weighted by Gasteiger charge is -1.93. The van der Waals surface area contributed by atoms with Gasteiger partial charge in [-0.3, -0.25) is 0 Å². The molecule has 16 N–H and O–H groups in total. The van der Waals surface area contributed by atoms with E-state index in [0.29, 0.717) is 47.4 Å². The number of para-hydroxylation sites is 2. The lowest BCUT2D eigenvalue weighted by molar-refractivity contribution is 0.881. The SMILES string of the molecule is CCc1nc2ccc(-c3nn[nH]n3)cc2[nH]1.NCc1nc2ccc(-c3nn[nH]n3)cc2[nH]1.Nc1ccc2nc(N)[nH]c2c1.Nc1nc2ccc(-c3nn[nH]n3)cc2[nH]1.SCc1nc2ccccc2[nH]1. The minimum absolute atomic E-state index is 0.395. The Bertz CT molecular complexity index is 3550. The maximum Gasteiger partial charge on any atom is 0.204 e. The third kappa shape index (κ3) is 10.6. The van der Waals surface area contributed by atoms with Crippen molar-refractivity contribution in [3.63, 3.8) is 0 Å². The maximum atomic E-state index is 5.54. The molecule has 8 aromatic heterocycles. The fraction of sp³-hybridized carbons (Fsp3) is 0.0952. The summed E-state index contributed by atoms with van der Waals surface area (Å²) in [4.78, 5) is 36.5. The van der Waals surface area contributed by atoms with E-state index in [0.717, 1.165) is 95.8 Å². The Labute approximate surface area is 393 Å². The summed E-state index contributed by atoms with van der Waals surface area (Å²) >= 11 is 4.13. The first-order valence-corrected chi connectivity index (χ1v) is 21.5. The van der Waals surface area contributed by atoms with Crippen LogP contribution in [-0.2, 0) is 18.7 Å². The molecule has 0 aliphatic carbocycles. The molecule has 27 heteroatoms. The Morgan fingerprint density at radius 1 is 0.449 bits per heavy atom. The van der Waals surface area contributed by atoms with Gasteiger partial charge < -0.3 is 47.9 Å². The Hall–Kier alpha value is -9.63. The van der Waals surface area contributed by atoms with Crippen molar-refractivity contribution < 1.29 is 0 Å². The summed E-state index contributed by atoms with van der Waals surface area (Å²) < 4.78 is 0. The number of nitrogens with two attached hydrogens (primary N) is 4. The molecule has 0 saturated heterocycles. The molecule has 0 fully saturated rings. The molecule has 13 rings (SSSR count). The molecule has 0 radical (unpaired) electrons. The molecule has 0 bridgehead atoms. The number of aromatic amines is 8. The molecule has 0 aliphatic rings. The number of nitrogens with one attached hydrogen (secondary N) is 8. The van der Waals surface area contributed by atoms with Gasteiger partial charge in [0.25, 0.3) is 0 Å². The van der Waals surface area contributed by atoms with Gasteiger partial charge in [0, 0.05) is 34.6 Å². The van der Waals surface area contributed by atoms with Gasteiger partial charge in [0.1, 0.15) is 17.5 Å². The van der Waals surface area contributed by atoms with Gasteiger partial charge in [-0.05, 0) is 101 Å². The molecule has 0 unspecified atom stereocenters. The molecule has 8 heterocycles. The number of H-pyrrole nitrogens is 8. The summed E-state index contributed by atoms with van der Waals surface area (Å²) in [6.07, 6.45) is 0.895. The average molecular weight is 943 g/mol. The highest BCUT2D eigenvalue weighted by Crippen LogP contribution is 2.23. The minimum atomic E-state index is 0.395. The van der Waals surface area contributed by atoms with Crippen molar-refractivity contribution in [3.05, 3.63) is 115 Å². The third-order valence-electron chi connectivity index (χ3n) is 10.0. The predicted molar refractivity (Wildman–Crippen MR) is 263 cm³/mol. The Kier molecular flexibility index (Phi) is 13.1. The van der Waals surface area contributed by atoms with Crippen molar-refractivity contribution in [2.75, 3.05) is 17.2 Å². The number of tetrazole rings is 3. The highest BCUT2D eigenvalue weighted by molar-refractivity contribution is 7.79. The van der Waals surface area contributed by atoms with Gasteiger partial charge in [-0.1, -0.05) is 19.1 Å².